The molecule has 9 aromatic carbocycles. The van der Waals surface area contributed by atoms with E-state index >= 15 is 0 Å². The van der Waals surface area contributed by atoms with Crippen LogP contribution in [0.2, 0.25) is 0 Å². The summed E-state index contributed by atoms with van der Waals surface area (Å²) in [5, 5.41) is 4.99. The number of aromatic nitrogens is 4. The van der Waals surface area contributed by atoms with E-state index in [1.807, 2.05) is 47.7 Å². The van der Waals surface area contributed by atoms with Crippen molar-refractivity contribution < 1.29 is 0 Å². The second kappa shape index (κ2) is 14.9. The van der Waals surface area contributed by atoms with Crippen LogP contribution >= 0.6 is 11.3 Å². The molecule has 62 heavy (non-hydrogen) atoms. The van der Waals surface area contributed by atoms with Crippen LogP contribution in [0, 0.1) is 0 Å². The molecule has 0 aliphatic heterocycles. The van der Waals surface area contributed by atoms with Crippen LogP contribution in [-0.2, 0) is 0 Å². The fraction of sp³-hybridized carbons (Fsp3) is 0. The fourth-order valence-corrected chi connectivity index (χ4v) is 9.97. The first-order valence-electron chi connectivity index (χ1n) is 20.8. The molecule has 0 amide bonds. The van der Waals surface area contributed by atoms with Crippen LogP contribution in [0.5, 0.6) is 0 Å². The van der Waals surface area contributed by atoms with Crippen molar-refractivity contribution in [3.05, 3.63) is 218 Å². The molecule has 0 saturated heterocycles. The van der Waals surface area contributed by atoms with Crippen LogP contribution in [0.15, 0.2) is 218 Å². The monoisotopic (exact) mass is 808 g/mol. The van der Waals surface area contributed by atoms with E-state index in [4.69, 9.17) is 15.0 Å². The molecule has 0 aliphatic carbocycles. The minimum Gasteiger partial charge on any atom is -0.309 e. The van der Waals surface area contributed by atoms with E-state index in [2.05, 4.69) is 187 Å². The Bertz CT molecular complexity index is 3560. The Labute approximate surface area is 362 Å². The highest BCUT2D eigenvalue weighted by Crippen LogP contribution is 2.44. The SMILES string of the molecule is c1ccc(-c2cccc(-c3ccc(-c4ccc5sc6cc7c8ccccc8n(-c8ccccc8)c7cc6c5c4)c(-c4nc(-c5ccccc5)nc(-c5ccccc5)n4)c3)c2)cc1. The molecule has 3 aromatic heterocycles. The summed E-state index contributed by atoms with van der Waals surface area (Å²) in [5.74, 6) is 1.89. The van der Waals surface area contributed by atoms with Crippen molar-refractivity contribution in [2.24, 2.45) is 0 Å². The van der Waals surface area contributed by atoms with Gasteiger partial charge in [0.2, 0.25) is 0 Å². The van der Waals surface area contributed by atoms with Gasteiger partial charge in [0.25, 0.3) is 0 Å². The first kappa shape index (κ1) is 35.9. The fourth-order valence-electron chi connectivity index (χ4n) is 8.86. The number of hydrogen-bond donors (Lipinski definition) is 0. The van der Waals surface area contributed by atoms with Gasteiger partial charge in [-0.1, -0.05) is 164 Å². The highest BCUT2D eigenvalue weighted by Gasteiger charge is 2.20. The van der Waals surface area contributed by atoms with Crippen molar-refractivity contribution in [3.63, 3.8) is 0 Å². The number of benzene rings is 9. The molecule has 0 atom stereocenters. The lowest BCUT2D eigenvalue weighted by atomic mass is 9.92. The Morgan fingerprint density at radius 3 is 1.55 bits per heavy atom. The molecule has 0 radical (unpaired) electrons. The maximum atomic E-state index is 5.26. The van der Waals surface area contributed by atoms with Crippen LogP contribution in [-0.4, -0.2) is 19.5 Å². The van der Waals surface area contributed by atoms with Crippen LogP contribution in [0.3, 0.4) is 0 Å². The number of rotatable bonds is 7. The van der Waals surface area contributed by atoms with Crippen LogP contribution in [0.4, 0.5) is 0 Å². The van der Waals surface area contributed by atoms with Gasteiger partial charge in [0.1, 0.15) is 0 Å². The van der Waals surface area contributed by atoms with Gasteiger partial charge in [-0.15, -0.1) is 11.3 Å². The molecule has 0 bridgehead atoms. The summed E-state index contributed by atoms with van der Waals surface area (Å²) >= 11 is 1.85. The van der Waals surface area contributed by atoms with E-state index in [1.54, 1.807) is 0 Å². The predicted octanol–water partition coefficient (Wildman–Crippen LogP) is 15.3. The van der Waals surface area contributed by atoms with Crippen molar-refractivity contribution >= 4 is 53.3 Å². The molecular weight excluding hydrogens is 773 g/mol. The van der Waals surface area contributed by atoms with Crippen LogP contribution < -0.4 is 0 Å². The van der Waals surface area contributed by atoms with E-state index < -0.39 is 0 Å². The van der Waals surface area contributed by atoms with E-state index in [-0.39, 0.29) is 0 Å². The van der Waals surface area contributed by atoms with Crippen molar-refractivity contribution in [1.82, 2.24) is 19.5 Å². The maximum Gasteiger partial charge on any atom is 0.164 e. The zero-order valence-electron chi connectivity index (χ0n) is 33.5. The standard InChI is InChI=1S/C57H36N4S/c1-5-16-37(17-6-1)40-22-15-23-41(32-40)42-28-30-45(50(33-42)57-59-55(38-18-7-2-8-19-38)58-56(60-57)39-20-9-3-10-21-39)43-29-31-53-48(34-43)49-35-52-47(36-54(49)62-53)46-26-13-14-27-51(46)61(52)44-24-11-4-12-25-44/h1-36H. The van der Waals surface area contributed by atoms with Crippen molar-refractivity contribution in [3.8, 4) is 73.2 Å². The van der Waals surface area contributed by atoms with Crippen LogP contribution in [0.1, 0.15) is 0 Å². The van der Waals surface area contributed by atoms with Gasteiger partial charge in [0.05, 0.1) is 11.0 Å². The van der Waals surface area contributed by atoms with Crippen molar-refractivity contribution in [2.75, 3.05) is 0 Å². The van der Waals surface area contributed by atoms with E-state index in [0.717, 1.165) is 44.6 Å². The van der Waals surface area contributed by atoms with Gasteiger partial charge in [0, 0.05) is 53.3 Å². The molecule has 0 saturated carbocycles. The van der Waals surface area contributed by atoms with Gasteiger partial charge in [-0.3, -0.25) is 0 Å². The minimum absolute atomic E-state index is 0.623. The summed E-state index contributed by atoms with van der Waals surface area (Å²) in [5.41, 5.74) is 13.1. The zero-order chi connectivity index (χ0) is 41.0. The highest BCUT2D eigenvalue weighted by atomic mass is 32.1. The van der Waals surface area contributed by atoms with Crippen molar-refractivity contribution in [2.45, 2.75) is 0 Å². The Kier molecular flexibility index (Phi) is 8.65. The summed E-state index contributed by atoms with van der Waals surface area (Å²) in [6.07, 6.45) is 0. The number of thiophene rings is 1. The highest BCUT2D eigenvalue weighted by molar-refractivity contribution is 7.25. The molecule has 0 N–H and O–H groups in total. The predicted molar refractivity (Wildman–Crippen MR) is 260 cm³/mol. The third-order valence-corrected chi connectivity index (χ3v) is 13.0. The molecule has 290 valence electrons. The molecule has 4 nitrogen and oxygen atoms in total. The molecule has 0 spiro atoms. The van der Waals surface area contributed by atoms with E-state index in [9.17, 15) is 0 Å². The molecule has 0 aliphatic rings. The lowest BCUT2D eigenvalue weighted by Crippen LogP contribution is -2.01. The van der Waals surface area contributed by atoms with Crippen molar-refractivity contribution in [1.29, 1.82) is 0 Å². The Morgan fingerprint density at radius 1 is 0.290 bits per heavy atom. The van der Waals surface area contributed by atoms with Gasteiger partial charge in [-0.25, -0.2) is 15.0 Å². The summed E-state index contributed by atoms with van der Waals surface area (Å²) < 4.78 is 4.92. The minimum atomic E-state index is 0.623. The first-order valence-corrected chi connectivity index (χ1v) is 21.7. The molecule has 0 fully saturated rings. The lowest BCUT2D eigenvalue weighted by Gasteiger charge is -2.15. The number of fused-ring (bicyclic) bond motifs is 6. The average molecular weight is 809 g/mol. The molecule has 12 rings (SSSR count). The lowest BCUT2D eigenvalue weighted by molar-refractivity contribution is 1.07. The molecular formula is C57H36N4S. The van der Waals surface area contributed by atoms with Gasteiger partial charge in [-0.2, -0.15) is 0 Å². The first-order chi connectivity index (χ1) is 30.7. The van der Waals surface area contributed by atoms with Gasteiger partial charge in [0.15, 0.2) is 17.5 Å². The average Bonchev–Trinajstić information content (AvgIpc) is 3.88. The second-order valence-electron chi connectivity index (χ2n) is 15.6. The Balaban J connectivity index is 1.08. The third-order valence-electron chi connectivity index (χ3n) is 11.9. The Hall–Kier alpha value is -7.99. The quantitative estimate of drug-likeness (QED) is 0.161. The summed E-state index contributed by atoms with van der Waals surface area (Å²) in [4.78, 5) is 15.6. The van der Waals surface area contributed by atoms with Gasteiger partial charge < -0.3 is 4.57 Å². The summed E-state index contributed by atoms with van der Waals surface area (Å²) in [6, 6.07) is 77.5. The summed E-state index contributed by atoms with van der Waals surface area (Å²) in [7, 11) is 0. The third kappa shape index (κ3) is 6.26. The molecule has 0 unspecified atom stereocenters. The second-order valence-corrected chi connectivity index (χ2v) is 16.7. The maximum absolute atomic E-state index is 5.26. The molecule has 12 aromatic rings. The number of nitrogens with zero attached hydrogens (tertiary/aromatic N) is 4. The number of para-hydroxylation sites is 2. The smallest absolute Gasteiger partial charge is 0.164 e. The van der Waals surface area contributed by atoms with E-state index in [1.165, 1.54) is 53.1 Å². The molecule has 3 heterocycles. The topological polar surface area (TPSA) is 43.6 Å². The molecule has 5 heteroatoms. The summed E-state index contributed by atoms with van der Waals surface area (Å²) in [6.45, 7) is 0. The van der Waals surface area contributed by atoms with Gasteiger partial charge >= 0.3 is 0 Å². The number of hydrogen-bond acceptors (Lipinski definition) is 4. The van der Waals surface area contributed by atoms with E-state index in [0.29, 0.717) is 17.5 Å². The largest absolute Gasteiger partial charge is 0.309 e. The normalized spacial score (nSPS) is 11.5. The zero-order valence-corrected chi connectivity index (χ0v) is 34.3. The Morgan fingerprint density at radius 2 is 0.839 bits per heavy atom. The van der Waals surface area contributed by atoms with Crippen LogP contribution in [0.25, 0.3) is 115 Å². The van der Waals surface area contributed by atoms with Gasteiger partial charge in [-0.05, 0) is 88.0 Å².